The van der Waals surface area contributed by atoms with Gasteiger partial charge in [0.05, 0.1) is 10.5 Å². The molecule has 0 aromatic heterocycles. The van der Waals surface area contributed by atoms with Crippen molar-refractivity contribution in [3.63, 3.8) is 0 Å². The highest BCUT2D eigenvalue weighted by Crippen LogP contribution is 2.32. The van der Waals surface area contributed by atoms with Gasteiger partial charge in [-0.2, -0.15) is 8.42 Å². The summed E-state index contributed by atoms with van der Waals surface area (Å²) in [5, 5.41) is 12.5. The Morgan fingerprint density at radius 3 is 2.02 bits per heavy atom. The summed E-state index contributed by atoms with van der Waals surface area (Å²) >= 11 is -0.750. The van der Waals surface area contributed by atoms with E-state index in [9.17, 15) is 18.3 Å². The summed E-state index contributed by atoms with van der Waals surface area (Å²) in [5.41, 5.74) is 2.78. The Bertz CT molecular complexity index is 1700. The average Bonchev–Trinajstić information content (AvgIpc) is 3.02. The molecule has 9 heteroatoms. The Hall–Kier alpha value is -3.82. The van der Waals surface area contributed by atoms with E-state index in [2.05, 4.69) is 11.6 Å². The van der Waals surface area contributed by atoms with Gasteiger partial charge in [-0.25, -0.2) is 8.42 Å². The third kappa shape index (κ3) is 10.6. The lowest BCUT2D eigenvalue weighted by Gasteiger charge is -2.14. The Morgan fingerprint density at radius 2 is 1.38 bits per heavy atom. The van der Waals surface area contributed by atoms with Gasteiger partial charge >= 0.3 is 11.6 Å². The van der Waals surface area contributed by atoms with Gasteiger partial charge in [0.15, 0.2) is 5.78 Å². The van der Waals surface area contributed by atoms with Crippen molar-refractivity contribution in [2.45, 2.75) is 89.4 Å². The molecule has 0 bridgehead atoms. The molecule has 0 aliphatic rings. The SMILES string of the molecule is CCCCCCCCCCCCc1ccc(S(=O)(=O)Nc2ccccc2)cc1C(=O)c1ccc2cc(C)ccc2c1O.O=S=O. The third-order valence-corrected chi connectivity index (χ3v) is 9.23. The third-order valence-electron chi connectivity index (χ3n) is 7.85. The molecule has 0 spiro atoms. The van der Waals surface area contributed by atoms with Gasteiger partial charge in [0.1, 0.15) is 5.75 Å². The van der Waals surface area contributed by atoms with Crippen LogP contribution in [0.4, 0.5) is 5.69 Å². The van der Waals surface area contributed by atoms with Crippen LogP contribution in [0.5, 0.6) is 5.75 Å². The number of nitrogens with one attached hydrogen (secondary N) is 1. The van der Waals surface area contributed by atoms with Crippen LogP contribution in [0.2, 0.25) is 0 Å². The number of sulfonamides is 1. The first-order valence-electron chi connectivity index (χ1n) is 15.6. The van der Waals surface area contributed by atoms with Crippen molar-refractivity contribution in [1.29, 1.82) is 0 Å². The Balaban J connectivity index is 0.00000177. The largest absolute Gasteiger partial charge is 0.507 e. The van der Waals surface area contributed by atoms with Gasteiger partial charge in [-0.15, -0.1) is 0 Å². The highest BCUT2D eigenvalue weighted by atomic mass is 32.2. The molecular weight excluding hydrogens is 607 g/mol. The second-order valence-electron chi connectivity index (χ2n) is 11.3. The first-order chi connectivity index (χ1) is 21.7. The van der Waals surface area contributed by atoms with Gasteiger partial charge in [0.2, 0.25) is 0 Å². The van der Waals surface area contributed by atoms with Crippen LogP contribution >= 0.6 is 0 Å². The average molecular weight is 650 g/mol. The number of carbonyl (C=O) groups excluding carboxylic acids is 1. The van der Waals surface area contributed by atoms with Gasteiger partial charge in [0.25, 0.3) is 10.0 Å². The Labute approximate surface area is 270 Å². The number of para-hydroxylation sites is 1. The van der Waals surface area contributed by atoms with Crippen molar-refractivity contribution in [3.05, 3.63) is 101 Å². The maximum Gasteiger partial charge on any atom is 0.335 e. The zero-order chi connectivity index (χ0) is 32.7. The number of ketones is 1. The number of phenols is 1. The molecule has 4 aromatic rings. The highest BCUT2D eigenvalue weighted by molar-refractivity contribution is 7.92. The maximum atomic E-state index is 13.9. The van der Waals surface area contributed by atoms with Crippen molar-refractivity contribution in [3.8, 4) is 5.75 Å². The number of anilines is 1. The summed E-state index contributed by atoms with van der Waals surface area (Å²) in [7, 11) is -3.93. The number of rotatable bonds is 16. The van der Waals surface area contributed by atoms with Crippen LogP contribution in [0.3, 0.4) is 0 Å². The van der Waals surface area contributed by atoms with E-state index in [4.69, 9.17) is 8.42 Å². The number of hydrogen-bond donors (Lipinski definition) is 2. The van der Waals surface area contributed by atoms with E-state index in [1.54, 1.807) is 42.5 Å². The second kappa shape index (κ2) is 18.2. The number of phenolic OH excluding ortho intramolecular Hbond substituents is 1. The predicted octanol–water partition coefficient (Wildman–Crippen LogP) is 8.68. The Kier molecular flexibility index (Phi) is 14.4. The molecule has 0 aliphatic heterocycles. The second-order valence-corrected chi connectivity index (χ2v) is 13.1. The predicted molar refractivity (Wildman–Crippen MR) is 182 cm³/mol. The quantitative estimate of drug-likeness (QED) is 0.0926. The lowest BCUT2D eigenvalue weighted by Crippen LogP contribution is -2.15. The minimum absolute atomic E-state index is 0.0115. The minimum atomic E-state index is -3.93. The number of aromatic hydroxyl groups is 1. The van der Waals surface area contributed by atoms with Crippen molar-refractivity contribution in [2.75, 3.05) is 4.72 Å². The van der Waals surface area contributed by atoms with Crippen LogP contribution in [0.1, 0.15) is 98.2 Å². The summed E-state index contributed by atoms with van der Waals surface area (Å²) in [6, 6.07) is 22.6. The van der Waals surface area contributed by atoms with E-state index in [-0.39, 0.29) is 22.0 Å². The van der Waals surface area contributed by atoms with Gasteiger partial charge in [-0.3, -0.25) is 9.52 Å². The molecule has 2 N–H and O–H groups in total. The van der Waals surface area contributed by atoms with Crippen LogP contribution < -0.4 is 4.72 Å². The van der Waals surface area contributed by atoms with E-state index in [1.165, 1.54) is 51.0 Å². The summed E-state index contributed by atoms with van der Waals surface area (Å²) < 4.78 is 45.7. The standard InChI is InChI=1S/C36H43NO4S.O2S/c1-3-4-5-6-7-8-9-10-11-13-16-28-20-22-31(42(40,41)37-30-17-14-12-15-18-30)26-34(28)36(39)33-24-21-29-25-27(2)19-23-32(29)35(33)38;1-3-2/h12,14-15,17-26,37-38H,3-11,13,16H2,1-2H3;. The van der Waals surface area contributed by atoms with E-state index in [1.807, 2.05) is 37.3 Å². The van der Waals surface area contributed by atoms with Crippen molar-refractivity contribution >= 4 is 43.8 Å². The number of fused-ring (bicyclic) bond motifs is 1. The lowest BCUT2D eigenvalue weighted by atomic mass is 9.93. The van der Waals surface area contributed by atoms with E-state index >= 15 is 0 Å². The van der Waals surface area contributed by atoms with Crippen LogP contribution in [0.15, 0.2) is 83.8 Å². The molecule has 4 rings (SSSR count). The molecule has 0 unspecified atom stereocenters. The van der Waals surface area contributed by atoms with Crippen molar-refractivity contribution in [2.24, 2.45) is 0 Å². The van der Waals surface area contributed by atoms with E-state index in [0.29, 0.717) is 23.1 Å². The maximum absolute atomic E-state index is 13.9. The molecule has 0 atom stereocenters. The fourth-order valence-electron chi connectivity index (χ4n) is 5.44. The molecule has 240 valence electrons. The zero-order valence-electron chi connectivity index (χ0n) is 26.1. The Morgan fingerprint density at radius 1 is 0.756 bits per heavy atom. The molecular formula is C36H43NO6S2. The number of carbonyl (C=O) groups is 1. The molecule has 7 nitrogen and oxygen atoms in total. The normalized spacial score (nSPS) is 11.1. The smallest absolute Gasteiger partial charge is 0.335 e. The molecule has 0 saturated heterocycles. The van der Waals surface area contributed by atoms with Crippen LogP contribution in [0.25, 0.3) is 10.8 Å². The van der Waals surface area contributed by atoms with Gasteiger partial charge in [0, 0.05) is 16.6 Å². The number of unbranched alkanes of at least 4 members (excludes halogenated alkanes) is 9. The van der Waals surface area contributed by atoms with Crippen molar-refractivity contribution < 1.29 is 26.7 Å². The summed E-state index contributed by atoms with van der Waals surface area (Å²) in [6.45, 7) is 4.21. The minimum Gasteiger partial charge on any atom is -0.507 e. The van der Waals surface area contributed by atoms with E-state index < -0.39 is 21.6 Å². The molecule has 0 saturated carbocycles. The molecule has 0 amide bonds. The molecule has 45 heavy (non-hydrogen) atoms. The van der Waals surface area contributed by atoms with Gasteiger partial charge in [-0.1, -0.05) is 119 Å². The van der Waals surface area contributed by atoms with Crippen LogP contribution in [-0.2, 0) is 28.0 Å². The molecule has 0 aliphatic carbocycles. The molecule has 0 heterocycles. The summed E-state index contributed by atoms with van der Waals surface area (Å²) in [5.74, 6) is -0.466. The number of aryl methyl sites for hydroxylation is 2. The topological polar surface area (TPSA) is 118 Å². The first kappa shape index (κ1) is 35.7. The van der Waals surface area contributed by atoms with Gasteiger partial charge < -0.3 is 5.11 Å². The van der Waals surface area contributed by atoms with Gasteiger partial charge in [-0.05, 0) is 61.0 Å². The monoisotopic (exact) mass is 649 g/mol. The van der Waals surface area contributed by atoms with Crippen LogP contribution in [-0.4, -0.2) is 27.7 Å². The first-order valence-corrected chi connectivity index (χ1v) is 17.8. The van der Waals surface area contributed by atoms with Crippen LogP contribution in [0, 0.1) is 6.92 Å². The van der Waals surface area contributed by atoms with E-state index in [0.717, 1.165) is 35.8 Å². The van der Waals surface area contributed by atoms with Crippen molar-refractivity contribution in [1.82, 2.24) is 0 Å². The fraction of sp³-hybridized carbons (Fsp3) is 0.361. The molecule has 0 fully saturated rings. The lowest BCUT2D eigenvalue weighted by molar-refractivity contribution is 0.103. The summed E-state index contributed by atoms with van der Waals surface area (Å²) in [4.78, 5) is 14.0. The fourth-order valence-corrected chi connectivity index (χ4v) is 6.52. The molecule has 0 radical (unpaired) electrons. The zero-order valence-corrected chi connectivity index (χ0v) is 27.7. The summed E-state index contributed by atoms with van der Waals surface area (Å²) in [6.07, 6.45) is 12.8. The number of benzene rings is 4. The molecule has 4 aromatic carbocycles. The highest BCUT2D eigenvalue weighted by Gasteiger charge is 2.23. The number of hydrogen-bond acceptors (Lipinski definition) is 6.